The van der Waals surface area contributed by atoms with E-state index in [1.807, 2.05) is 23.3 Å². The molecule has 0 radical (unpaired) electrons. The van der Waals surface area contributed by atoms with Gasteiger partial charge in [-0.3, -0.25) is 9.59 Å². The Hall–Kier alpha value is -1.80. The van der Waals surface area contributed by atoms with Gasteiger partial charge in [-0.2, -0.15) is 0 Å². The van der Waals surface area contributed by atoms with E-state index in [0.29, 0.717) is 23.0 Å². The maximum absolute atomic E-state index is 12.7. The lowest BCUT2D eigenvalue weighted by atomic mass is 9.95. The van der Waals surface area contributed by atoms with Crippen molar-refractivity contribution >= 4 is 34.7 Å². The van der Waals surface area contributed by atoms with Crippen molar-refractivity contribution in [3.05, 3.63) is 33.0 Å². The smallest absolute Gasteiger partial charge is 0.267 e. The third-order valence-electron chi connectivity index (χ3n) is 5.48. The van der Waals surface area contributed by atoms with Crippen LogP contribution < -0.4 is 5.32 Å². The fourth-order valence-corrected chi connectivity index (χ4v) is 5.19. The first-order valence-electron chi connectivity index (χ1n) is 9.01. The van der Waals surface area contributed by atoms with Gasteiger partial charge in [0.15, 0.2) is 0 Å². The minimum absolute atomic E-state index is 0.0367. The third kappa shape index (κ3) is 3.27. The topological polar surface area (TPSA) is 75.2 Å². The molecule has 1 N–H and O–H groups in total. The predicted molar refractivity (Wildman–Crippen MR) is 102 cm³/mol. The molecule has 0 bridgehead atoms. The Morgan fingerprint density at radius 3 is 2.69 bits per heavy atom. The quantitative estimate of drug-likeness (QED) is 0.852. The molecule has 3 heterocycles. The first-order chi connectivity index (χ1) is 12.6. The monoisotopic (exact) mass is 390 g/mol. The number of carbonyl (C=O) groups excluding carboxylic acids is 2. The predicted octanol–water partition coefficient (Wildman–Crippen LogP) is 2.61. The Bertz CT molecular complexity index is 790. The number of hydrogen-bond acceptors (Lipinski definition) is 6. The summed E-state index contributed by atoms with van der Waals surface area (Å²) in [6.45, 7) is 3.98. The SMILES string of the molecule is Cc1nnsc1C(=O)N1CCC(CNC(=O)C2(c3cccs3)CC2)CC1. The van der Waals surface area contributed by atoms with Crippen molar-refractivity contribution in [2.24, 2.45) is 5.92 Å². The van der Waals surface area contributed by atoms with Crippen molar-refractivity contribution in [1.29, 1.82) is 0 Å². The molecule has 1 aliphatic carbocycles. The van der Waals surface area contributed by atoms with E-state index in [1.54, 1.807) is 11.3 Å². The van der Waals surface area contributed by atoms with Gasteiger partial charge < -0.3 is 10.2 Å². The van der Waals surface area contributed by atoms with Crippen molar-refractivity contribution in [1.82, 2.24) is 19.8 Å². The standard InChI is InChI=1S/C18H22N4O2S2/c1-12-15(26-21-20-12)16(23)22-8-4-13(5-9-22)11-19-17(24)18(6-7-18)14-3-2-10-25-14/h2-3,10,13H,4-9,11H2,1H3,(H,19,24). The molecule has 2 amide bonds. The molecule has 0 aromatic carbocycles. The number of amides is 2. The summed E-state index contributed by atoms with van der Waals surface area (Å²) in [5.74, 6) is 0.641. The molecule has 1 aliphatic heterocycles. The molecular weight excluding hydrogens is 368 g/mol. The number of rotatable bonds is 5. The number of thiophene rings is 1. The van der Waals surface area contributed by atoms with Gasteiger partial charge in [0.2, 0.25) is 5.91 Å². The molecule has 4 rings (SSSR count). The Labute approximate surface area is 160 Å². The first kappa shape index (κ1) is 17.6. The molecule has 8 heteroatoms. The number of piperidine rings is 1. The zero-order valence-corrected chi connectivity index (χ0v) is 16.4. The van der Waals surface area contributed by atoms with Gasteiger partial charge in [0.25, 0.3) is 5.91 Å². The van der Waals surface area contributed by atoms with Crippen LogP contribution in [-0.4, -0.2) is 45.9 Å². The Morgan fingerprint density at radius 2 is 2.12 bits per heavy atom. The van der Waals surface area contributed by atoms with Gasteiger partial charge in [-0.1, -0.05) is 10.6 Å². The molecule has 1 saturated carbocycles. The molecule has 2 aliphatic rings. The number of nitrogens with one attached hydrogen (secondary N) is 1. The second-order valence-corrected chi connectivity index (χ2v) is 8.89. The summed E-state index contributed by atoms with van der Waals surface area (Å²) in [5.41, 5.74) is 0.444. The minimum atomic E-state index is -0.262. The average Bonchev–Trinajstić information content (AvgIpc) is 3.06. The van der Waals surface area contributed by atoms with Crippen LogP contribution in [0.25, 0.3) is 0 Å². The minimum Gasteiger partial charge on any atom is -0.355 e. The van der Waals surface area contributed by atoms with E-state index in [2.05, 4.69) is 21.0 Å². The maximum atomic E-state index is 12.7. The molecule has 2 aromatic rings. The summed E-state index contributed by atoms with van der Waals surface area (Å²) in [6, 6.07) is 4.08. The molecule has 0 unspecified atom stereocenters. The van der Waals surface area contributed by atoms with E-state index in [9.17, 15) is 9.59 Å². The molecule has 0 atom stereocenters. The van der Waals surface area contributed by atoms with Crippen molar-refractivity contribution in [2.45, 2.75) is 38.0 Å². The molecule has 26 heavy (non-hydrogen) atoms. The number of carbonyl (C=O) groups is 2. The van der Waals surface area contributed by atoms with E-state index in [0.717, 1.165) is 38.8 Å². The fraction of sp³-hybridized carbons (Fsp3) is 0.556. The first-order valence-corrected chi connectivity index (χ1v) is 10.7. The maximum Gasteiger partial charge on any atom is 0.267 e. The van der Waals surface area contributed by atoms with Crippen LogP contribution >= 0.6 is 22.9 Å². The Kier molecular flexibility index (Phi) is 4.79. The van der Waals surface area contributed by atoms with E-state index in [-0.39, 0.29) is 17.2 Å². The van der Waals surface area contributed by atoms with Crippen LogP contribution in [0.4, 0.5) is 0 Å². The molecule has 6 nitrogen and oxygen atoms in total. The van der Waals surface area contributed by atoms with Gasteiger partial charge in [-0.15, -0.1) is 16.4 Å². The number of nitrogens with zero attached hydrogens (tertiary/aromatic N) is 3. The van der Waals surface area contributed by atoms with Gasteiger partial charge in [0, 0.05) is 24.5 Å². The highest BCUT2D eigenvalue weighted by Crippen LogP contribution is 2.50. The zero-order valence-electron chi connectivity index (χ0n) is 14.7. The van der Waals surface area contributed by atoms with Crippen molar-refractivity contribution < 1.29 is 9.59 Å². The number of aromatic nitrogens is 2. The summed E-state index contributed by atoms with van der Waals surface area (Å²) in [7, 11) is 0. The van der Waals surface area contributed by atoms with Gasteiger partial charge in [-0.05, 0) is 61.5 Å². The summed E-state index contributed by atoms with van der Waals surface area (Å²) in [5, 5.41) is 9.13. The summed E-state index contributed by atoms with van der Waals surface area (Å²) in [4.78, 5) is 28.9. The van der Waals surface area contributed by atoms with Crippen LogP contribution in [0.5, 0.6) is 0 Å². The van der Waals surface area contributed by atoms with Crippen molar-refractivity contribution in [2.75, 3.05) is 19.6 Å². The largest absolute Gasteiger partial charge is 0.355 e. The third-order valence-corrected chi connectivity index (χ3v) is 7.37. The van der Waals surface area contributed by atoms with Gasteiger partial charge >= 0.3 is 0 Å². The lowest BCUT2D eigenvalue weighted by Crippen LogP contribution is -2.43. The van der Waals surface area contributed by atoms with Gasteiger partial charge in [0.05, 0.1) is 11.1 Å². The van der Waals surface area contributed by atoms with E-state index in [1.165, 1.54) is 16.4 Å². The second-order valence-electron chi connectivity index (χ2n) is 7.19. The van der Waals surface area contributed by atoms with E-state index >= 15 is 0 Å². The summed E-state index contributed by atoms with van der Waals surface area (Å²) >= 11 is 2.84. The molecule has 2 fully saturated rings. The van der Waals surface area contributed by atoms with Crippen molar-refractivity contribution in [3.63, 3.8) is 0 Å². The van der Waals surface area contributed by atoms with Crippen LogP contribution in [-0.2, 0) is 10.2 Å². The van der Waals surface area contributed by atoms with Gasteiger partial charge in [0.1, 0.15) is 4.88 Å². The summed E-state index contributed by atoms with van der Waals surface area (Å²) in [6.07, 6.45) is 3.75. The zero-order chi connectivity index (χ0) is 18.1. The molecule has 2 aromatic heterocycles. The number of aryl methyl sites for hydroxylation is 1. The highest BCUT2D eigenvalue weighted by atomic mass is 32.1. The number of likely N-dealkylation sites (tertiary alicyclic amines) is 1. The molecule has 0 spiro atoms. The van der Waals surface area contributed by atoms with Crippen LogP contribution in [0.15, 0.2) is 17.5 Å². The van der Waals surface area contributed by atoms with Crippen LogP contribution in [0.3, 0.4) is 0 Å². The Morgan fingerprint density at radius 1 is 1.35 bits per heavy atom. The lowest BCUT2D eigenvalue weighted by molar-refractivity contribution is -0.123. The average molecular weight is 391 g/mol. The summed E-state index contributed by atoms with van der Waals surface area (Å²) < 4.78 is 3.85. The van der Waals surface area contributed by atoms with E-state index < -0.39 is 0 Å². The fourth-order valence-electron chi connectivity index (χ4n) is 3.58. The molecule has 1 saturated heterocycles. The van der Waals surface area contributed by atoms with Crippen molar-refractivity contribution in [3.8, 4) is 0 Å². The van der Waals surface area contributed by atoms with Crippen LogP contribution in [0.2, 0.25) is 0 Å². The molecular formula is C18H22N4O2S2. The van der Waals surface area contributed by atoms with E-state index in [4.69, 9.17) is 0 Å². The second kappa shape index (κ2) is 7.08. The highest BCUT2D eigenvalue weighted by Gasteiger charge is 2.52. The van der Waals surface area contributed by atoms with Crippen LogP contribution in [0.1, 0.15) is 45.9 Å². The van der Waals surface area contributed by atoms with Gasteiger partial charge in [-0.25, -0.2) is 0 Å². The lowest BCUT2D eigenvalue weighted by Gasteiger charge is -2.32. The number of hydrogen-bond donors (Lipinski definition) is 1. The molecule has 138 valence electrons. The Balaban J connectivity index is 1.26. The normalized spacial score (nSPS) is 19.3. The highest BCUT2D eigenvalue weighted by molar-refractivity contribution is 7.10. The van der Waals surface area contributed by atoms with Crippen LogP contribution in [0, 0.1) is 12.8 Å².